The van der Waals surface area contributed by atoms with E-state index in [4.69, 9.17) is 0 Å². The second-order valence-corrected chi connectivity index (χ2v) is 3.31. The van der Waals surface area contributed by atoms with E-state index in [1.54, 1.807) is 6.08 Å². The van der Waals surface area contributed by atoms with E-state index < -0.39 is 0 Å². The van der Waals surface area contributed by atoms with Gasteiger partial charge in [-0.05, 0) is 32.4 Å². The van der Waals surface area contributed by atoms with Crippen LogP contribution in [0.2, 0.25) is 0 Å². The number of allylic oxidation sites excluding steroid dienone is 3. The van der Waals surface area contributed by atoms with Gasteiger partial charge in [0.05, 0.1) is 0 Å². The molecule has 0 aromatic rings. The summed E-state index contributed by atoms with van der Waals surface area (Å²) in [5.41, 5.74) is 0.543. The minimum absolute atomic E-state index is 0.106. The van der Waals surface area contributed by atoms with Crippen molar-refractivity contribution in [1.29, 1.82) is 0 Å². The van der Waals surface area contributed by atoms with E-state index in [2.05, 4.69) is 5.32 Å². The van der Waals surface area contributed by atoms with Gasteiger partial charge in [-0.3, -0.25) is 9.59 Å². The highest BCUT2D eigenvalue weighted by molar-refractivity contribution is 6.07. The molecule has 70 valence electrons. The van der Waals surface area contributed by atoms with Crippen LogP contribution < -0.4 is 5.32 Å². The summed E-state index contributed by atoms with van der Waals surface area (Å²) in [7, 11) is 0. The Morgan fingerprint density at radius 2 is 2.23 bits per heavy atom. The Morgan fingerprint density at radius 3 is 2.77 bits per heavy atom. The molecule has 1 aliphatic rings. The third-order valence-electron chi connectivity index (χ3n) is 1.65. The second kappa shape index (κ2) is 4.03. The van der Waals surface area contributed by atoms with E-state index in [0.717, 1.165) is 0 Å². The van der Waals surface area contributed by atoms with Crippen LogP contribution in [0.4, 0.5) is 0 Å². The Balaban J connectivity index is 2.62. The maximum absolute atomic E-state index is 11.4. The first-order valence-electron chi connectivity index (χ1n) is 4.31. The number of amides is 1. The molecule has 0 saturated carbocycles. The van der Waals surface area contributed by atoms with Crippen molar-refractivity contribution in [1.82, 2.24) is 5.32 Å². The first-order valence-corrected chi connectivity index (χ1v) is 4.31. The topological polar surface area (TPSA) is 46.2 Å². The lowest BCUT2D eigenvalue weighted by atomic mass is 10.0. The molecule has 0 radical (unpaired) electrons. The van der Waals surface area contributed by atoms with Gasteiger partial charge in [-0.15, -0.1) is 0 Å². The van der Waals surface area contributed by atoms with E-state index in [-0.39, 0.29) is 17.7 Å². The Bertz CT molecular complexity index is 287. The van der Waals surface area contributed by atoms with E-state index in [1.807, 2.05) is 13.8 Å². The van der Waals surface area contributed by atoms with E-state index in [0.29, 0.717) is 12.0 Å². The van der Waals surface area contributed by atoms with Gasteiger partial charge in [0.15, 0.2) is 5.78 Å². The Kier molecular flexibility index (Phi) is 3.01. The molecule has 0 fully saturated rings. The zero-order chi connectivity index (χ0) is 9.84. The fourth-order valence-corrected chi connectivity index (χ4v) is 1.09. The zero-order valence-electron chi connectivity index (χ0n) is 7.83. The number of hydrogen-bond acceptors (Lipinski definition) is 2. The molecule has 3 heteroatoms. The van der Waals surface area contributed by atoms with Crippen LogP contribution in [0.3, 0.4) is 0 Å². The molecule has 0 spiro atoms. The van der Waals surface area contributed by atoms with E-state index >= 15 is 0 Å². The normalized spacial score (nSPS) is 15.9. The van der Waals surface area contributed by atoms with E-state index in [9.17, 15) is 9.59 Å². The molecule has 0 heterocycles. The van der Waals surface area contributed by atoms with Crippen LogP contribution in [0.15, 0.2) is 23.8 Å². The largest absolute Gasteiger partial charge is 0.350 e. The van der Waals surface area contributed by atoms with Crippen molar-refractivity contribution < 1.29 is 9.59 Å². The van der Waals surface area contributed by atoms with Gasteiger partial charge in [-0.2, -0.15) is 0 Å². The lowest BCUT2D eigenvalue weighted by molar-refractivity contribution is -0.118. The van der Waals surface area contributed by atoms with Crippen molar-refractivity contribution in [3.63, 3.8) is 0 Å². The molecule has 1 rings (SSSR count). The third kappa shape index (κ3) is 2.86. The molecule has 0 unspecified atom stereocenters. The lowest BCUT2D eigenvalue weighted by Crippen LogP contribution is -2.31. The Labute approximate surface area is 77.5 Å². The van der Waals surface area contributed by atoms with Gasteiger partial charge in [-0.25, -0.2) is 0 Å². The Morgan fingerprint density at radius 1 is 1.54 bits per heavy atom. The van der Waals surface area contributed by atoms with Crippen molar-refractivity contribution in [3.8, 4) is 0 Å². The molecule has 0 aromatic carbocycles. The van der Waals surface area contributed by atoms with Crippen molar-refractivity contribution in [2.24, 2.45) is 0 Å². The number of hydrogen-bond donors (Lipinski definition) is 1. The number of carbonyl (C=O) groups is 2. The van der Waals surface area contributed by atoms with Crippen molar-refractivity contribution in [3.05, 3.63) is 23.8 Å². The summed E-state index contributed by atoms with van der Waals surface area (Å²) in [6, 6.07) is 0.106. The van der Waals surface area contributed by atoms with Crippen molar-refractivity contribution in [2.75, 3.05) is 0 Å². The summed E-state index contributed by atoms with van der Waals surface area (Å²) < 4.78 is 0. The minimum Gasteiger partial charge on any atom is -0.350 e. The lowest BCUT2D eigenvalue weighted by Gasteiger charge is -2.11. The monoisotopic (exact) mass is 179 g/mol. The SMILES string of the molecule is CC(C)NC(=O)C1=CC(=O)C=CC1. The maximum atomic E-state index is 11.4. The average molecular weight is 179 g/mol. The molecule has 0 aromatic heterocycles. The highest BCUT2D eigenvalue weighted by atomic mass is 16.2. The molecule has 13 heavy (non-hydrogen) atoms. The number of carbonyl (C=O) groups excluding carboxylic acids is 2. The summed E-state index contributed by atoms with van der Waals surface area (Å²) in [5, 5.41) is 2.74. The van der Waals surface area contributed by atoms with Gasteiger partial charge in [0.25, 0.3) is 0 Å². The van der Waals surface area contributed by atoms with Crippen LogP contribution in [0.5, 0.6) is 0 Å². The molecule has 0 atom stereocenters. The smallest absolute Gasteiger partial charge is 0.247 e. The van der Waals surface area contributed by atoms with Gasteiger partial charge in [0, 0.05) is 11.6 Å². The van der Waals surface area contributed by atoms with Gasteiger partial charge in [-0.1, -0.05) is 6.08 Å². The number of ketones is 1. The average Bonchev–Trinajstić information content (AvgIpc) is 2.03. The van der Waals surface area contributed by atoms with Crippen molar-refractivity contribution >= 4 is 11.7 Å². The summed E-state index contributed by atoms with van der Waals surface area (Å²) in [5.74, 6) is -0.257. The second-order valence-electron chi connectivity index (χ2n) is 3.31. The molecule has 1 N–H and O–H groups in total. The fraction of sp³-hybridized carbons (Fsp3) is 0.400. The molecule has 0 saturated heterocycles. The quantitative estimate of drug-likeness (QED) is 0.686. The van der Waals surface area contributed by atoms with Crippen LogP contribution in [0.1, 0.15) is 20.3 Å². The molecular formula is C10H13NO2. The summed E-state index contributed by atoms with van der Waals surface area (Å²) in [6.07, 6.45) is 5.12. The van der Waals surface area contributed by atoms with Gasteiger partial charge in [0.2, 0.25) is 5.91 Å². The highest BCUT2D eigenvalue weighted by Gasteiger charge is 2.12. The molecular weight excluding hydrogens is 166 g/mol. The molecule has 0 bridgehead atoms. The fourth-order valence-electron chi connectivity index (χ4n) is 1.09. The Hall–Kier alpha value is -1.38. The summed E-state index contributed by atoms with van der Waals surface area (Å²) in [4.78, 5) is 22.3. The van der Waals surface area contributed by atoms with Crippen molar-refractivity contribution in [2.45, 2.75) is 26.3 Å². The standard InChI is InChI=1S/C10H13NO2/c1-7(2)11-10(13)8-4-3-5-9(12)6-8/h3,5-7H,4H2,1-2H3,(H,11,13). The highest BCUT2D eigenvalue weighted by Crippen LogP contribution is 2.08. The molecule has 1 aliphatic carbocycles. The third-order valence-corrected chi connectivity index (χ3v) is 1.65. The van der Waals surface area contributed by atoms with Gasteiger partial charge in [0.1, 0.15) is 0 Å². The first kappa shape index (κ1) is 9.71. The van der Waals surface area contributed by atoms with Gasteiger partial charge < -0.3 is 5.32 Å². The van der Waals surface area contributed by atoms with Crippen LogP contribution in [-0.2, 0) is 9.59 Å². The molecule has 0 aliphatic heterocycles. The number of nitrogens with one attached hydrogen (secondary N) is 1. The summed E-state index contributed by atoms with van der Waals surface area (Å²) in [6.45, 7) is 3.78. The van der Waals surface area contributed by atoms with Crippen LogP contribution in [0, 0.1) is 0 Å². The minimum atomic E-state index is -0.146. The van der Waals surface area contributed by atoms with Gasteiger partial charge >= 0.3 is 0 Å². The predicted molar refractivity (Wildman–Crippen MR) is 50.1 cm³/mol. The zero-order valence-corrected chi connectivity index (χ0v) is 7.83. The van der Waals surface area contributed by atoms with Crippen LogP contribution in [-0.4, -0.2) is 17.7 Å². The van der Waals surface area contributed by atoms with Crippen LogP contribution in [0.25, 0.3) is 0 Å². The summed E-state index contributed by atoms with van der Waals surface area (Å²) >= 11 is 0. The maximum Gasteiger partial charge on any atom is 0.247 e. The number of rotatable bonds is 2. The first-order chi connectivity index (χ1) is 6.09. The van der Waals surface area contributed by atoms with Crippen LogP contribution >= 0.6 is 0 Å². The molecule has 3 nitrogen and oxygen atoms in total. The molecule has 1 amide bonds. The predicted octanol–water partition coefficient (Wildman–Crippen LogP) is 0.966. The van der Waals surface area contributed by atoms with E-state index in [1.165, 1.54) is 12.2 Å².